The van der Waals surface area contributed by atoms with E-state index in [9.17, 15) is 14.4 Å². The van der Waals surface area contributed by atoms with Crippen LogP contribution in [0.1, 0.15) is 44.9 Å². The van der Waals surface area contributed by atoms with Gasteiger partial charge in [0.05, 0.1) is 18.6 Å². The molecular weight excluding hydrogens is 384 g/mol. The zero-order valence-electron chi connectivity index (χ0n) is 18.3. The van der Waals surface area contributed by atoms with Crippen molar-refractivity contribution in [2.75, 3.05) is 6.61 Å². The van der Waals surface area contributed by atoms with Gasteiger partial charge in [-0.25, -0.2) is 19.1 Å². The fourth-order valence-electron chi connectivity index (χ4n) is 3.62. The highest BCUT2D eigenvalue weighted by molar-refractivity contribution is 5.79. The van der Waals surface area contributed by atoms with E-state index >= 15 is 0 Å². The third-order valence-electron chi connectivity index (χ3n) is 5.04. The van der Waals surface area contributed by atoms with Gasteiger partial charge in [-0.05, 0) is 45.2 Å². The lowest BCUT2D eigenvalue weighted by molar-refractivity contribution is -0.146. The number of imidazole rings is 1. The van der Waals surface area contributed by atoms with Gasteiger partial charge in [-0.15, -0.1) is 0 Å². The van der Waals surface area contributed by atoms with Crippen LogP contribution in [0.2, 0.25) is 0 Å². The van der Waals surface area contributed by atoms with Gasteiger partial charge in [0.1, 0.15) is 6.04 Å². The normalized spacial score (nSPS) is 12.5. The molecule has 2 heterocycles. The number of hydrogen-bond acceptors (Lipinski definition) is 5. The maximum absolute atomic E-state index is 13.4. The van der Waals surface area contributed by atoms with Crippen LogP contribution in [-0.4, -0.2) is 31.3 Å². The minimum absolute atomic E-state index is 0.0827. The van der Waals surface area contributed by atoms with E-state index in [2.05, 4.69) is 4.98 Å². The first-order chi connectivity index (χ1) is 14.2. The van der Waals surface area contributed by atoms with Crippen molar-refractivity contribution in [2.45, 2.75) is 54.1 Å². The summed E-state index contributed by atoms with van der Waals surface area (Å²) in [4.78, 5) is 43.4. The highest BCUT2D eigenvalue weighted by Crippen LogP contribution is 2.20. The molecule has 0 aliphatic heterocycles. The van der Waals surface area contributed by atoms with Gasteiger partial charge in [-0.2, -0.15) is 0 Å². The van der Waals surface area contributed by atoms with Gasteiger partial charge in [0, 0.05) is 6.54 Å². The Balaban J connectivity index is 2.40. The van der Waals surface area contributed by atoms with Gasteiger partial charge in [-0.3, -0.25) is 9.36 Å². The van der Waals surface area contributed by atoms with E-state index in [1.165, 1.54) is 20.0 Å². The van der Waals surface area contributed by atoms with Crippen molar-refractivity contribution in [1.29, 1.82) is 0 Å². The summed E-state index contributed by atoms with van der Waals surface area (Å²) in [6, 6.07) is 4.99. The molecule has 8 nitrogen and oxygen atoms in total. The Morgan fingerprint density at radius 2 is 1.87 bits per heavy atom. The third-order valence-corrected chi connectivity index (χ3v) is 5.04. The van der Waals surface area contributed by atoms with Gasteiger partial charge < -0.3 is 9.30 Å². The Morgan fingerprint density at radius 1 is 1.17 bits per heavy atom. The van der Waals surface area contributed by atoms with E-state index in [4.69, 9.17) is 4.74 Å². The zero-order chi connectivity index (χ0) is 22.2. The zero-order valence-corrected chi connectivity index (χ0v) is 18.3. The molecule has 30 heavy (non-hydrogen) atoms. The number of fused-ring (bicyclic) bond motifs is 1. The maximum Gasteiger partial charge on any atom is 0.337 e. The molecule has 0 aliphatic carbocycles. The third kappa shape index (κ3) is 3.69. The molecule has 0 spiro atoms. The largest absolute Gasteiger partial charge is 0.464 e. The van der Waals surface area contributed by atoms with Crippen molar-refractivity contribution in [3.63, 3.8) is 0 Å². The summed E-state index contributed by atoms with van der Waals surface area (Å²) in [5.74, 6) is -0.379. The van der Waals surface area contributed by atoms with Crippen molar-refractivity contribution in [2.24, 2.45) is 5.92 Å². The molecule has 0 fully saturated rings. The molecule has 2 aromatic heterocycles. The summed E-state index contributed by atoms with van der Waals surface area (Å²) in [6.45, 7) is 11.6. The van der Waals surface area contributed by atoms with E-state index < -0.39 is 23.3 Å². The minimum Gasteiger partial charge on any atom is -0.464 e. The number of nitrogens with zero attached hydrogens (tertiary/aromatic N) is 4. The van der Waals surface area contributed by atoms with Crippen LogP contribution in [0.15, 0.2) is 34.1 Å². The van der Waals surface area contributed by atoms with Crippen LogP contribution < -0.4 is 11.2 Å². The number of aromatic nitrogens is 4. The van der Waals surface area contributed by atoms with E-state index in [1.54, 1.807) is 13.8 Å². The smallest absolute Gasteiger partial charge is 0.337 e. The monoisotopic (exact) mass is 412 g/mol. The topological polar surface area (TPSA) is 88.1 Å². The summed E-state index contributed by atoms with van der Waals surface area (Å²) < 4.78 is 9.29. The number of hydrogen-bond donors (Lipinski definition) is 0. The van der Waals surface area contributed by atoms with Crippen LogP contribution in [0.25, 0.3) is 16.9 Å². The second kappa shape index (κ2) is 8.30. The summed E-state index contributed by atoms with van der Waals surface area (Å²) in [6.07, 6.45) is 1.42. The number of rotatable bonds is 6. The van der Waals surface area contributed by atoms with Crippen LogP contribution in [-0.2, 0) is 16.1 Å². The lowest BCUT2D eigenvalue weighted by atomic mass is 10.1. The van der Waals surface area contributed by atoms with Crippen molar-refractivity contribution in [3.05, 3.63) is 56.5 Å². The minimum atomic E-state index is -0.750. The van der Waals surface area contributed by atoms with Crippen molar-refractivity contribution < 1.29 is 9.53 Å². The van der Waals surface area contributed by atoms with E-state index in [1.807, 2.05) is 45.9 Å². The lowest BCUT2D eigenvalue weighted by Gasteiger charge is -2.17. The number of esters is 1. The van der Waals surface area contributed by atoms with Crippen LogP contribution >= 0.6 is 0 Å². The van der Waals surface area contributed by atoms with Gasteiger partial charge >= 0.3 is 11.7 Å². The summed E-state index contributed by atoms with van der Waals surface area (Å²) >= 11 is 0. The Morgan fingerprint density at radius 3 is 2.47 bits per heavy atom. The Labute approximate surface area is 174 Å². The molecule has 0 saturated heterocycles. The van der Waals surface area contributed by atoms with Crippen molar-refractivity contribution in [3.8, 4) is 5.69 Å². The van der Waals surface area contributed by atoms with Crippen LogP contribution in [0.4, 0.5) is 0 Å². The number of carbonyl (C=O) groups excluding carboxylic acids is 1. The predicted octanol–water partition coefficient (Wildman–Crippen LogP) is 2.75. The van der Waals surface area contributed by atoms with Crippen molar-refractivity contribution in [1.82, 2.24) is 18.7 Å². The summed E-state index contributed by atoms with van der Waals surface area (Å²) in [5.41, 5.74) is 2.14. The predicted molar refractivity (Wildman–Crippen MR) is 115 cm³/mol. The standard InChI is InChI=1S/C22H28N4O4/c1-7-30-21(28)16(6)25-12-23-19-18(25)20(27)24(11-13(2)3)22(29)26(19)17-9-8-14(4)10-15(17)5/h8-10,12-13,16H,7,11H2,1-6H3/t16-/m1/s1. The molecule has 0 amide bonds. The van der Waals surface area contributed by atoms with Gasteiger partial charge in [-0.1, -0.05) is 31.5 Å². The van der Waals surface area contributed by atoms with Crippen molar-refractivity contribution >= 4 is 17.1 Å². The fraction of sp³-hybridized carbons (Fsp3) is 0.455. The highest BCUT2D eigenvalue weighted by Gasteiger charge is 2.25. The number of carbonyl (C=O) groups is 1. The number of benzene rings is 1. The molecule has 3 rings (SSSR count). The second-order valence-electron chi connectivity index (χ2n) is 7.97. The molecule has 3 aromatic rings. The average Bonchev–Trinajstić information content (AvgIpc) is 3.11. The number of ether oxygens (including phenoxy) is 1. The molecule has 0 radical (unpaired) electrons. The first-order valence-corrected chi connectivity index (χ1v) is 10.1. The van der Waals surface area contributed by atoms with Gasteiger partial charge in [0.15, 0.2) is 11.2 Å². The Hall–Kier alpha value is -3.16. The molecule has 8 heteroatoms. The molecule has 160 valence electrons. The van der Waals surface area contributed by atoms with E-state index in [0.717, 1.165) is 11.1 Å². The lowest BCUT2D eigenvalue weighted by Crippen LogP contribution is -2.41. The molecule has 0 bridgehead atoms. The first-order valence-electron chi connectivity index (χ1n) is 10.1. The first kappa shape index (κ1) is 21.5. The van der Waals surface area contributed by atoms with E-state index in [-0.39, 0.29) is 30.2 Å². The quantitative estimate of drug-likeness (QED) is 0.581. The molecule has 0 unspecified atom stereocenters. The highest BCUT2D eigenvalue weighted by atomic mass is 16.5. The molecule has 0 saturated carbocycles. The van der Waals surface area contributed by atoms with Crippen LogP contribution in [0, 0.1) is 19.8 Å². The second-order valence-corrected chi connectivity index (χ2v) is 7.97. The molecule has 1 atom stereocenters. The van der Waals surface area contributed by atoms with E-state index in [0.29, 0.717) is 5.69 Å². The summed E-state index contributed by atoms with van der Waals surface area (Å²) in [5, 5.41) is 0. The molecule has 0 aliphatic rings. The van der Waals surface area contributed by atoms with Crippen LogP contribution in [0.5, 0.6) is 0 Å². The molecule has 1 aromatic carbocycles. The SMILES string of the molecule is CCOC(=O)[C@@H](C)n1cnc2c1c(=O)n(CC(C)C)c(=O)n2-c1ccc(C)cc1C. The van der Waals surface area contributed by atoms with Crippen LogP contribution in [0.3, 0.4) is 0 Å². The maximum atomic E-state index is 13.4. The van der Waals surface area contributed by atoms with Gasteiger partial charge in [0.25, 0.3) is 5.56 Å². The number of aryl methyl sites for hydroxylation is 2. The fourth-order valence-corrected chi connectivity index (χ4v) is 3.62. The summed E-state index contributed by atoms with van der Waals surface area (Å²) in [7, 11) is 0. The van der Waals surface area contributed by atoms with Gasteiger partial charge in [0.2, 0.25) is 0 Å². The Kier molecular flexibility index (Phi) is 5.96. The average molecular weight is 412 g/mol. The molecular formula is C22H28N4O4. The molecule has 0 N–H and O–H groups in total. The Bertz CT molecular complexity index is 1220.